The van der Waals surface area contributed by atoms with Gasteiger partial charge in [-0.25, -0.2) is 9.50 Å². The predicted octanol–water partition coefficient (Wildman–Crippen LogP) is 1.04. The third-order valence-electron chi connectivity index (χ3n) is 2.46. The van der Waals surface area contributed by atoms with Gasteiger partial charge in [0.2, 0.25) is 0 Å². The molecular formula is C11H12N6. The molecule has 0 unspecified atom stereocenters. The molecule has 0 saturated carbocycles. The molecule has 0 spiro atoms. The highest BCUT2D eigenvalue weighted by molar-refractivity contribution is 5.45. The van der Waals surface area contributed by atoms with Gasteiger partial charge in [0.25, 0.3) is 0 Å². The van der Waals surface area contributed by atoms with Crippen molar-refractivity contribution in [1.29, 1.82) is 0 Å². The van der Waals surface area contributed by atoms with E-state index in [2.05, 4.69) is 20.5 Å². The summed E-state index contributed by atoms with van der Waals surface area (Å²) in [4.78, 5) is 4.41. The minimum Gasteiger partial charge on any atom is -0.368 e. The molecule has 3 heterocycles. The highest BCUT2D eigenvalue weighted by Crippen LogP contribution is 2.05. The molecule has 0 aliphatic rings. The van der Waals surface area contributed by atoms with Crippen molar-refractivity contribution in [3.8, 4) is 0 Å². The van der Waals surface area contributed by atoms with E-state index in [9.17, 15) is 0 Å². The Balaban J connectivity index is 1.64. The van der Waals surface area contributed by atoms with Crippen LogP contribution in [0.3, 0.4) is 0 Å². The van der Waals surface area contributed by atoms with Gasteiger partial charge in [-0.05, 0) is 12.1 Å². The van der Waals surface area contributed by atoms with Crippen molar-refractivity contribution < 1.29 is 0 Å². The first-order chi connectivity index (χ1) is 8.42. The van der Waals surface area contributed by atoms with Crippen LogP contribution in [0.15, 0.2) is 43.0 Å². The van der Waals surface area contributed by atoms with Gasteiger partial charge in [-0.2, -0.15) is 10.2 Å². The van der Waals surface area contributed by atoms with Crippen molar-refractivity contribution in [3.05, 3.63) is 43.0 Å². The van der Waals surface area contributed by atoms with E-state index in [0.29, 0.717) is 0 Å². The Morgan fingerprint density at radius 2 is 2.12 bits per heavy atom. The molecule has 3 aromatic rings. The summed E-state index contributed by atoms with van der Waals surface area (Å²) in [5.41, 5.74) is 0.842. The lowest BCUT2D eigenvalue weighted by molar-refractivity contribution is 0.637. The first-order valence-corrected chi connectivity index (χ1v) is 5.43. The SMILES string of the molecule is c1cnn(CCNc2ccn3nccc3n2)c1. The Morgan fingerprint density at radius 1 is 1.12 bits per heavy atom. The van der Waals surface area contributed by atoms with Gasteiger partial charge in [0, 0.05) is 31.2 Å². The van der Waals surface area contributed by atoms with Crippen LogP contribution >= 0.6 is 0 Å². The van der Waals surface area contributed by atoms with Crippen molar-refractivity contribution in [2.45, 2.75) is 6.54 Å². The van der Waals surface area contributed by atoms with Crippen LogP contribution < -0.4 is 5.32 Å². The molecule has 0 radical (unpaired) electrons. The molecule has 3 aromatic heterocycles. The van der Waals surface area contributed by atoms with E-state index in [0.717, 1.165) is 24.6 Å². The number of nitrogens with zero attached hydrogens (tertiary/aromatic N) is 5. The third-order valence-corrected chi connectivity index (χ3v) is 2.46. The van der Waals surface area contributed by atoms with Gasteiger partial charge in [0.15, 0.2) is 5.65 Å². The van der Waals surface area contributed by atoms with Crippen molar-refractivity contribution >= 4 is 11.5 Å². The average Bonchev–Trinajstić information content (AvgIpc) is 2.98. The van der Waals surface area contributed by atoms with Crippen LogP contribution in [0.25, 0.3) is 5.65 Å². The second kappa shape index (κ2) is 4.25. The van der Waals surface area contributed by atoms with Crippen LogP contribution in [0.5, 0.6) is 0 Å². The second-order valence-electron chi connectivity index (χ2n) is 3.64. The Bertz CT molecular complexity index is 597. The van der Waals surface area contributed by atoms with Gasteiger partial charge >= 0.3 is 0 Å². The molecule has 1 N–H and O–H groups in total. The minimum atomic E-state index is 0.791. The molecular weight excluding hydrogens is 216 g/mol. The Kier molecular flexibility index (Phi) is 2.45. The highest BCUT2D eigenvalue weighted by atomic mass is 15.3. The first-order valence-electron chi connectivity index (χ1n) is 5.43. The fourth-order valence-corrected chi connectivity index (χ4v) is 1.64. The molecule has 86 valence electrons. The van der Waals surface area contributed by atoms with Crippen molar-refractivity contribution in [3.63, 3.8) is 0 Å². The summed E-state index contributed by atoms with van der Waals surface area (Å²) < 4.78 is 3.61. The minimum absolute atomic E-state index is 0.791. The van der Waals surface area contributed by atoms with Gasteiger partial charge in [0.05, 0.1) is 12.7 Å². The summed E-state index contributed by atoms with van der Waals surface area (Å²) in [7, 11) is 0. The lowest BCUT2D eigenvalue weighted by Crippen LogP contribution is -2.11. The zero-order chi connectivity index (χ0) is 11.5. The molecule has 0 aliphatic carbocycles. The maximum Gasteiger partial charge on any atom is 0.157 e. The van der Waals surface area contributed by atoms with E-state index in [4.69, 9.17) is 0 Å². The molecule has 0 bridgehead atoms. The predicted molar refractivity (Wildman–Crippen MR) is 63.7 cm³/mol. The fraction of sp³-hybridized carbons (Fsp3) is 0.182. The number of aromatic nitrogens is 5. The Hall–Kier alpha value is -2.37. The van der Waals surface area contributed by atoms with Gasteiger partial charge in [-0.3, -0.25) is 4.68 Å². The van der Waals surface area contributed by atoms with E-state index in [1.54, 1.807) is 16.9 Å². The molecule has 0 aliphatic heterocycles. The first kappa shape index (κ1) is 9.83. The Morgan fingerprint density at radius 3 is 3.00 bits per heavy atom. The fourth-order valence-electron chi connectivity index (χ4n) is 1.64. The highest BCUT2D eigenvalue weighted by Gasteiger charge is 1.97. The van der Waals surface area contributed by atoms with E-state index in [1.807, 2.05) is 35.3 Å². The molecule has 6 heteroatoms. The Labute approximate surface area is 97.9 Å². The average molecular weight is 228 g/mol. The summed E-state index contributed by atoms with van der Waals surface area (Å²) in [6.07, 6.45) is 7.33. The summed E-state index contributed by atoms with van der Waals surface area (Å²) in [6.45, 7) is 1.61. The normalized spacial score (nSPS) is 10.8. The van der Waals surface area contributed by atoms with Crippen LogP contribution in [0, 0.1) is 0 Å². The molecule has 0 amide bonds. The van der Waals surface area contributed by atoms with Crippen molar-refractivity contribution in [2.75, 3.05) is 11.9 Å². The number of hydrogen-bond acceptors (Lipinski definition) is 4. The maximum absolute atomic E-state index is 4.41. The van der Waals surface area contributed by atoms with E-state index >= 15 is 0 Å². The van der Waals surface area contributed by atoms with Crippen molar-refractivity contribution in [2.24, 2.45) is 0 Å². The molecule has 6 nitrogen and oxygen atoms in total. The third kappa shape index (κ3) is 2.10. The lowest BCUT2D eigenvalue weighted by atomic mass is 10.5. The molecule has 0 saturated heterocycles. The van der Waals surface area contributed by atoms with Gasteiger partial charge < -0.3 is 5.32 Å². The molecule has 0 fully saturated rings. The number of fused-ring (bicyclic) bond motifs is 1. The number of hydrogen-bond donors (Lipinski definition) is 1. The van der Waals surface area contributed by atoms with Gasteiger partial charge in [-0.15, -0.1) is 0 Å². The molecule has 3 rings (SSSR count). The topological polar surface area (TPSA) is 60.0 Å². The zero-order valence-corrected chi connectivity index (χ0v) is 9.19. The summed E-state index contributed by atoms with van der Waals surface area (Å²) in [5.74, 6) is 0.852. The summed E-state index contributed by atoms with van der Waals surface area (Å²) in [5, 5.41) is 11.5. The second-order valence-corrected chi connectivity index (χ2v) is 3.64. The van der Waals surface area contributed by atoms with Crippen LogP contribution in [0.4, 0.5) is 5.82 Å². The van der Waals surface area contributed by atoms with Crippen LogP contribution in [0.2, 0.25) is 0 Å². The summed E-state index contributed by atoms with van der Waals surface area (Å²) in [6, 6.07) is 5.69. The van der Waals surface area contributed by atoms with Gasteiger partial charge in [0.1, 0.15) is 5.82 Å². The lowest BCUT2D eigenvalue weighted by Gasteiger charge is -2.05. The maximum atomic E-state index is 4.41. The van der Waals surface area contributed by atoms with Crippen LogP contribution in [-0.2, 0) is 6.54 Å². The van der Waals surface area contributed by atoms with E-state index in [1.165, 1.54) is 0 Å². The molecule has 0 aromatic carbocycles. The summed E-state index contributed by atoms with van der Waals surface area (Å²) >= 11 is 0. The van der Waals surface area contributed by atoms with E-state index in [-0.39, 0.29) is 0 Å². The van der Waals surface area contributed by atoms with Crippen LogP contribution in [0.1, 0.15) is 0 Å². The number of nitrogens with one attached hydrogen (secondary N) is 1. The monoisotopic (exact) mass is 228 g/mol. The van der Waals surface area contributed by atoms with Gasteiger partial charge in [-0.1, -0.05) is 0 Å². The van der Waals surface area contributed by atoms with E-state index < -0.39 is 0 Å². The zero-order valence-electron chi connectivity index (χ0n) is 9.19. The standard InChI is InChI=1S/C11H12N6/c1-4-13-16(7-1)9-6-12-10-3-8-17-11(15-10)2-5-14-17/h1-5,7-8H,6,9H2,(H,12,15). The van der Waals surface area contributed by atoms with Crippen molar-refractivity contribution in [1.82, 2.24) is 24.4 Å². The smallest absolute Gasteiger partial charge is 0.157 e. The number of rotatable bonds is 4. The number of anilines is 1. The molecule has 17 heavy (non-hydrogen) atoms. The molecule has 0 atom stereocenters. The largest absolute Gasteiger partial charge is 0.368 e. The quantitative estimate of drug-likeness (QED) is 0.724. The van der Waals surface area contributed by atoms with Crippen LogP contribution in [-0.4, -0.2) is 30.9 Å².